The molecule has 0 saturated heterocycles. The van der Waals surface area contributed by atoms with E-state index in [1.54, 1.807) is 0 Å². The van der Waals surface area contributed by atoms with Crippen molar-refractivity contribution >= 4 is 5.71 Å². The molecular weight excluding hydrogens is 194 g/mol. The quantitative estimate of drug-likeness (QED) is 0.513. The maximum Gasteiger partial charge on any atom is 0.0442 e. The smallest absolute Gasteiger partial charge is 0.0442 e. The van der Waals surface area contributed by atoms with Crippen LogP contribution in [-0.4, -0.2) is 5.71 Å². The highest BCUT2D eigenvalue weighted by Crippen LogP contribution is 2.25. The van der Waals surface area contributed by atoms with Gasteiger partial charge in [-0.2, -0.15) is 0 Å². The number of hydrogen-bond donors (Lipinski definition) is 1. The molecule has 1 nitrogen and oxygen atoms in total. The molecule has 90 valence electrons. The van der Waals surface area contributed by atoms with E-state index in [-0.39, 0.29) is 5.41 Å². The zero-order valence-electron chi connectivity index (χ0n) is 11.5. The lowest BCUT2D eigenvalue weighted by Crippen LogP contribution is -2.22. The van der Waals surface area contributed by atoms with Crippen LogP contribution in [0.1, 0.15) is 48.0 Å². The van der Waals surface area contributed by atoms with E-state index in [2.05, 4.69) is 45.9 Å². The second-order valence-corrected chi connectivity index (χ2v) is 4.88. The minimum absolute atomic E-state index is 0.101. The van der Waals surface area contributed by atoms with E-state index in [0.29, 0.717) is 5.71 Å². The van der Waals surface area contributed by atoms with E-state index < -0.39 is 0 Å². The van der Waals surface area contributed by atoms with Gasteiger partial charge in [0.05, 0.1) is 0 Å². The molecule has 1 heteroatoms. The van der Waals surface area contributed by atoms with Gasteiger partial charge in [0.15, 0.2) is 0 Å². The van der Waals surface area contributed by atoms with Crippen LogP contribution in [0.4, 0.5) is 0 Å². The third-order valence-electron chi connectivity index (χ3n) is 2.46. The Kier molecular flexibility index (Phi) is 6.02. The van der Waals surface area contributed by atoms with Crippen molar-refractivity contribution in [2.45, 2.75) is 48.0 Å². The van der Waals surface area contributed by atoms with Gasteiger partial charge in [-0.05, 0) is 31.4 Å². The fraction of sp³-hybridized carbons (Fsp3) is 0.533. The number of hydrogen-bond acceptors (Lipinski definition) is 1. The Morgan fingerprint density at radius 1 is 1.12 bits per heavy atom. The molecule has 1 N–H and O–H groups in total. The van der Waals surface area contributed by atoms with Crippen LogP contribution in [-0.2, 0) is 0 Å². The van der Waals surface area contributed by atoms with Gasteiger partial charge in [0.25, 0.3) is 0 Å². The highest BCUT2D eigenvalue weighted by Gasteiger charge is 2.21. The van der Waals surface area contributed by atoms with Crippen molar-refractivity contribution in [1.82, 2.24) is 0 Å². The van der Waals surface area contributed by atoms with Crippen molar-refractivity contribution < 1.29 is 0 Å². The largest absolute Gasteiger partial charge is 0.304 e. The van der Waals surface area contributed by atoms with Crippen LogP contribution in [0.25, 0.3) is 0 Å². The summed E-state index contributed by atoms with van der Waals surface area (Å²) in [6, 6.07) is 0. The fourth-order valence-corrected chi connectivity index (χ4v) is 1.45. The van der Waals surface area contributed by atoms with Gasteiger partial charge >= 0.3 is 0 Å². The van der Waals surface area contributed by atoms with Gasteiger partial charge in [-0.1, -0.05) is 52.0 Å². The highest BCUT2D eigenvalue weighted by molar-refractivity contribution is 6.05. The van der Waals surface area contributed by atoms with Gasteiger partial charge in [-0.15, -0.1) is 0 Å². The Balaban J connectivity index is 5.16. The molecule has 0 aliphatic carbocycles. The third-order valence-corrected chi connectivity index (χ3v) is 2.46. The average Bonchev–Trinajstić information content (AvgIpc) is 2.22. The highest BCUT2D eigenvalue weighted by atomic mass is 14.5. The molecule has 0 radical (unpaired) electrons. The Morgan fingerprint density at radius 3 is 2.00 bits per heavy atom. The summed E-state index contributed by atoms with van der Waals surface area (Å²) in [6.45, 7) is 12.4. The second-order valence-electron chi connectivity index (χ2n) is 4.88. The van der Waals surface area contributed by atoms with Gasteiger partial charge in [0, 0.05) is 11.1 Å². The predicted octanol–water partition coefficient (Wildman–Crippen LogP) is 4.91. The summed E-state index contributed by atoms with van der Waals surface area (Å²) in [4.78, 5) is 0. The van der Waals surface area contributed by atoms with E-state index in [4.69, 9.17) is 5.41 Å². The third kappa shape index (κ3) is 4.18. The standard InChI is InChI=1S/C15H25N/c1-7-10-11-12(8-2)13(9-3)14(16)15(4,5)6/h8-11,16H,7H2,1-6H3/b11-10-,12-8+,13-9-,16-14?. The molecule has 0 aromatic heterocycles. The summed E-state index contributed by atoms with van der Waals surface area (Å²) >= 11 is 0. The van der Waals surface area contributed by atoms with Crippen LogP contribution >= 0.6 is 0 Å². The molecule has 0 bridgehead atoms. The zero-order valence-corrected chi connectivity index (χ0v) is 11.5. The van der Waals surface area contributed by atoms with Crippen molar-refractivity contribution in [3.8, 4) is 0 Å². The SMILES string of the molecule is C/C=C(C(=N)C(C)(C)C)/C(/C=C\CC)=C/C. The van der Waals surface area contributed by atoms with Crippen molar-refractivity contribution in [3.63, 3.8) is 0 Å². The maximum atomic E-state index is 8.22. The lowest BCUT2D eigenvalue weighted by atomic mass is 9.82. The lowest BCUT2D eigenvalue weighted by molar-refractivity contribution is 0.588. The van der Waals surface area contributed by atoms with E-state index in [1.807, 2.05) is 19.9 Å². The topological polar surface area (TPSA) is 23.9 Å². The Labute approximate surface area is 100 Å². The van der Waals surface area contributed by atoms with E-state index >= 15 is 0 Å². The molecule has 0 aliphatic heterocycles. The molecule has 0 spiro atoms. The molecule has 0 saturated carbocycles. The average molecular weight is 219 g/mol. The van der Waals surface area contributed by atoms with Crippen LogP contribution in [0.2, 0.25) is 0 Å². The lowest BCUT2D eigenvalue weighted by Gasteiger charge is -2.23. The summed E-state index contributed by atoms with van der Waals surface area (Å²) in [5, 5.41) is 8.22. The number of nitrogens with one attached hydrogen (secondary N) is 1. The van der Waals surface area contributed by atoms with Crippen molar-refractivity contribution in [2.75, 3.05) is 0 Å². The Morgan fingerprint density at radius 2 is 1.69 bits per heavy atom. The Hall–Kier alpha value is -1.11. The van der Waals surface area contributed by atoms with Gasteiger partial charge in [-0.25, -0.2) is 0 Å². The van der Waals surface area contributed by atoms with E-state index in [9.17, 15) is 0 Å². The molecule has 0 aromatic rings. The van der Waals surface area contributed by atoms with Crippen LogP contribution in [0.5, 0.6) is 0 Å². The van der Waals surface area contributed by atoms with Crippen molar-refractivity contribution in [3.05, 3.63) is 35.5 Å². The maximum absolute atomic E-state index is 8.22. The number of allylic oxidation sites excluding steroid dienone is 6. The molecule has 0 aliphatic rings. The summed E-state index contributed by atoms with van der Waals surface area (Å²) in [6.07, 6.45) is 9.37. The van der Waals surface area contributed by atoms with Crippen molar-refractivity contribution in [1.29, 1.82) is 5.41 Å². The van der Waals surface area contributed by atoms with Gasteiger partial charge < -0.3 is 5.41 Å². The van der Waals surface area contributed by atoms with E-state index in [1.165, 1.54) is 0 Å². The van der Waals surface area contributed by atoms with Gasteiger partial charge in [0.1, 0.15) is 0 Å². The molecular formula is C15H25N. The molecule has 0 amide bonds. The zero-order chi connectivity index (χ0) is 12.8. The van der Waals surface area contributed by atoms with E-state index in [0.717, 1.165) is 17.6 Å². The fourth-order valence-electron chi connectivity index (χ4n) is 1.45. The van der Waals surface area contributed by atoms with Crippen LogP contribution in [0.15, 0.2) is 35.5 Å². The molecule has 0 heterocycles. The van der Waals surface area contributed by atoms with Gasteiger partial charge in [-0.3, -0.25) is 0 Å². The summed E-state index contributed by atoms with van der Waals surface area (Å²) in [5.74, 6) is 0. The molecule has 0 aromatic carbocycles. The second kappa shape index (κ2) is 6.47. The summed E-state index contributed by atoms with van der Waals surface area (Å²) in [5.41, 5.74) is 2.78. The minimum Gasteiger partial charge on any atom is -0.304 e. The first-order valence-corrected chi connectivity index (χ1v) is 5.97. The molecule has 0 rings (SSSR count). The first kappa shape index (κ1) is 14.9. The van der Waals surface area contributed by atoms with Crippen LogP contribution < -0.4 is 0 Å². The van der Waals surface area contributed by atoms with Crippen LogP contribution in [0.3, 0.4) is 0 Å². The molecule has 0 fully saturated rings. The molecule has 0 atom stereocenters. The number of rotatable bonds is 4. The summed E-state index contributed by atoms with van der Waals surface area (Å²) < 4.78 is 0. The molecule has 0 unspecified atom stereocenters. The monoisotopic (exact) mass is 219 g/mol. The normalized spacial score (nSPS) is 14.6. The van der Waals surface area contributed by atoms with Crippen molar-refractivity contribution in [2.24, 2.45) is 5.41 Å². The summed E-state index contributed by atoms with van der Waals surface area (Å²) in [7, 11) is 0. The minimum atomic E-state index is -0.101. The first-order valence-electron chi connectivity index (χ1n) is 5.97. The molecule has 16 heavy (non-hydrogen) atoms. The Bertz CT molecular complexity index is 322. The van der Waals surface area contributed by atoms with Crippen LogP contribution in [0, 0.1) is 10.8 Å². The van der Waals surface area contributed by atoms with Gasteiger partial charge in [0.2, 0.25) is 0 Å². The first-order chi connectivity index (χ1) is 7.38. The predicted molar refractivity (Wildman–Crippen MR) is 74.1 cm³/mol.